The smallest absolute Gasteiger partial charge is 0.421 e. The number of rotatable bonds is 1. The highest BCUT2D eigenvalue weighted by molar-refractivity contribution is 9.10. The number of fused-ring (bicyclic) bond motifs is 1. The van der Waals surface area contributed by atoms with Crippen LogP contribution < -0.4 is 10.3 Å². The highest BCUT2D eigenvalue weighted by atomic mass is 79.9. The van der Waals surface area contributed by atoms with E-state index < -0.39 is 17.3 Å². The number of ether oxygens (including phenoxy) is 1. The van der Waals surface area contributed by atoms with Gasteiger partial charge in [0.1, 0.15) is 11.3 Å². The van der Waals surface area contributed by atoms with Gasteiger partial charge in [-0.15, -0.1) is 0 Å². The molecule has 0 aliphatic carbocycles. The van der Waals surface area contributed by atoms with Crippen LogP contribution in [0.3, 0.4) is 0 Å². The number of aryl methyl sites for hydroxylation is 2. The molecule has 7 heteroatoms. The maximum absolute atomic E-state index is 13.0. The minimum absolute atomic E-state index is 0.120. The molecule has 0 atom stereocenters. The van der Waals surface area contributed by atoms with E-state index in [0.717, 1.165) is 0 Å². The van der Waals surface area contributed by atoms with Gasteiger partial charge in [-0.1, -0.05) is 0 Å². The first-order valence-corrected chi connectivity index (χ1v) is 6.44. The summed E-state index contributed by atoms with van der Waals surface area (Å²) in [6.07, 6.45) is -4.71. The molecular weight excluding hydrogens is 339 g/mol. The Morgan fingerprint density at radius 3 is 2.40 bits per heavy atom. The molecule has 0 amide bonds. The van der Waals surface area contributed by atoms with Gasteiger partial charge < -0.3 is 9.72 Å². The van der Waals surface area contributed by atoms with Crippen LogP contribution in [-0.4, -0.2) is 12.1 Å². The Kier molecular flexibility index (Phi) is 3.58. The van der Waals surface area contributed by atoms with E-state index in [2.05, 4.69) is 20.9 Å². The first-order valence-electron chi connectivity index (χ1n) is 5.65. The maximum Gasteiger partial charge on any atom is 0.421 e. The van der Waals surface area contributed by atoms with Crippen molar-refractivity contribution in [1.82, 2.24) is 4.98 Å². The average Bonchev–Trinajstić information content (AvgIpc) is 2.31. The highest BCUT2D eigenvalue weighted by Crippen LogP contribution is 2.39. The zero-order chi connectivity index (χ0) is 15.2. The lowest BCUT2D eigenvalue weighted by Crippen LogP contribution is -2.23. The number of aromatic nitrogens is 1. The number of nitrogens with one attached hydrogen (secondary N) is 1. The second-order valence-corrected chi connectivity index (χ2v) is 5.20. The molecule has 0 unspecified atom stereocenters. The molecule has 0 aliphatic heterocycles. The summed E-state index contributed by atoms with van der Waals surface area (Å²) in [6.45, 7) is 2.98. The Hall–Kier alpha value is -1.50. The molecule has 0 radical (unpaired) electrons. The molecule has 1 aromatic carbocycles. The van der Waals surface area contributed by atoms with Gasteiger partial charge in [-0.2, -0.15) is 13.2 Å². The van der Waals surface area contributed by atoms with E-state index in [1.807, 2.05) is 0 Å². The van der Waals surface area contributed by atoms with Crippen LogP contribution in [0.15, 0.2) is 15.3 Å². The summed E-state index contributed by atoms with van der Waals surface area (Å²) in [5.74, 6) is 0.415. The molecule has 3 nitrogen and oxygen atoms in total. The fourth-order valence-electron chi connectivity index (χ4n) is 2.24. The van der Waals surface area contributed by atoms with Crippen molar-refractivity contribution < 1.29 is 17.9 Å². The molecule has 0 fully saturated rings. The number of H-pyrrole nitrogens is 1. The largest absolute Gasteiger partial charge is 0.496 e. The topological polar surface area (TPSA) is 42.1 Å². The minimum Gasteiger partial charge on any atom is -0.496 e. The molecule has 2 rings (SSSR count). The normalized spacial score (nSPS) is 11.9. The fraction of sp³-hybridized carbons (Fsp3) is 0.308. The van der Waals surface area contributed by atoms with Crippen LogP contribution in [0.4, 0.5) is 13.2 Å². The molecule has 0 spiro atoms. The van der Waals surface area contributed by atoms with Crippen molar-refractivity contribution in [3.8, 4) is 5.75 Å². The number of benzene rings is 1. The maximum atomic E-state index is 13.0. The van der Waals surface area contributed by atoms with E-state index in [-0.39, 0.29) is 5.56 Å². The Labute approximate surface area is 120 Å². The van der Waals surface area contributed by atoms with Crippen molar-refractivity contribution in [3.63, 3.8) is 0 Å². The van der Waals surface area contributed by atoms with E-state index in [1.54, 1.807) is 13.0 Å². The summed E-state index contributed by atoms with van der Waals surface area (Å²) in [6, 6.07) is 1.65. The van der Waals surface area contributed by atoms with Gasteiger partial charge in [0.25, 0.3) is 5.56 Å². The fourth-order valence-corrected chi connectivity index (χ4v) is 3.01. The van der Waals surface area contributed by atoms with Crippen molar-refractivity contribution in [1.29, 1.82) is 0 Å². The van der Waals surface area contributed by atoms with E-state index in [9.17, 15) is 18.0 Å². The Balaban J connectivity index is 3.05. The van der Waals surface area contributed by atoms with Crippen molar-refractivity contribution in [2.45, 2.75) is 20.0 Å². The van der Waals surface area contributed by atoms with E-state index in [1.165, 1.54) is 14.0 Å². The predicted molar refractivity (Wildman–Crippen MR) is 73.3 cm³/mol. The van der Waals surface area contributed by atoms with Crippen LogP contribution in [0.2, 0.25) is 0 Å². The number of pyridine rings is 1. The average molecular weight is 350 g/mol. The van der Waals surface area contributed by atoms with Crippen LogP contribution in [-0.2, 0) is 6.18 Å². The lowest BCUT2D eigenvalue weighted by atomic mass is 10.0. The zero-order valence-corrected chi connectivity index (χ0v) is 12.5. The zero-order valence-electron chi connectivity index (χ0n) is 10.9. The number of halogens is 4. The minimum atomic E-state index is -4.71. The quantitative estimate of drug-likeness (QED) is 0.847. The third-order valence-electron chi connectivity index (χ3n) is 3.15. The molecule has 20 heavy (non-hydrogen) atoms. The Bertz CT molecular complexity index is 750. The summed E-state index contributed by atoms with van der Waals surface area (Å²) >= 11 is 3.24. The van der Waals surface area contributed by atoms with E-state index in [4.69, 9.17) is 4.74 Å². The summed E-state index contributed by atoms with van der Waals surface area (Å²) < 4.78 is 44.5. The van der Waals surface area contributed by atoms with Crippen LogP contribution >= 0.6 is 15.9 Å². The van der Waals surface area contributed by atoms with Crippen LogP contribution in [0.1, 0.15) is 16.7 Å². The third-order valence-corrected chi connectivity index (χ3v) is 3.93. The number of methoxy groups -OCH3 is 1. The van der Waals surface area contributed by atoms with Crippen LogP contribution in [0, 0.1) is 13.8 Å². The van der Waals surface area contributed by atoms with Gasteiger partial charge in [0, 0.05) is 5.39 Å². The van der Waals surface area contributed by atoms with Gasteiger partial charge >= 0.3 is 6.18 Å². The molecule has 0 saturated carbocycles. The first kappa shape index (κ1) is 14.9. The SMILES string of the molecule is COc1cc(C)c2[nH]c(=O)c(C(F)(F)F)c(C)c2c1Br. The molecule has 0 aliphatic rings. The second-order valence-electron chi connectivity index (χ2n) is 4.41. The molecule has 0 saturated heterocycles. The number of hydrogen-bond donors (Lipinski definition) is 1. The van der Waals surface area contributed by atoms with Crippen molar-refractivity contribution >= 4 is 26.8 Å². The highest BCUT2D eigenvalue weighted by Gasteiger charge is 2.37. The summed E-state index contributed by atoms with van der Waals surface area (Å²) in [5, 5.41) is 0.300. The van der Waals surface area contributed by atoms with Gasteiger partial charge in [0.15, 0.2) is 0 Å². The molecule has 2 aromatic rings. The van der Waals surface area contributed by atoms with Crippen molar-refractivity contribution in [2.75, 3.05) is 7.11 Å². The van der Waals surface area contributed by atoms with Crippen LogP contribution in [0.5, 0.6) is 5.75 Å². The molecule has 1 heterocycles. The van der Waals surface area contributed by atoms with Gasteiger partial charge in [-0.05, 0) is 47.0 Å². The van der Waals surface area contributed by atoms with Crippen LogP contribution in [0.25, 0.3) is 10.9 Å². The van der Waals surface area contributed by atoms with Gasteiger partial charge in [-0.25, -0.2) is 0 Å². The van der Waals surface area contributed by atoms with Crippen molar-refractivity contribution in [2.24, 2.45) is 0 Å². The van der Waals surface area contributed by atoms with Gasteiger partial charge in [-0.3, -0.25) is 4.79 Å². The molecule has 0 bridgehead atoms. The third kappa shape index (κ3) is 2.19. The summed E-state index contributed by atoms with van der Waals surface area (Å²) in [5.41, 5.74) is -1.44. The molecule has 108 valence electrons. The molecular formula is C13H11BrF3NO2. The van der Waals surface area contributed by atoms with E-state index >= 15 is 0 Å². The van der Waals surface area contributed by atoms with Crippen molar-refractivity contribution in [3.05, 3.63) is 37.6 Å². The number of alkyl halides is 3. The molecule has 1 aromatic heterocycles. The van der Waals surface area contributed by atoms with Gasteiger partial charge in [0.2, 0.25) is 0 Å². The number of hydrogen-bond acceptors (Lipinski definition) is 2. The summed E-state index contributed by atoms with van der Waals surface area (Å²) in [7, 11) is 1.43. The standard InChI is InChI=1S/C13H11BrF3NO2/c1-5-4-7(20-3)10(14)8-6(2)9(13(15,16)17)12(19)18-11(5)8/h4H,1-3H3,(H,18,19). The summed E-state index contributed by atoms with van der Waals surface area (Å²) in [4.78, 5) is 14.0. The lowest BCUT2D eigenvalue weighted by molar-refractivity contribution is -0.139. The van der Waals surface area contributed by atoms with E-state index in [0.29, 0.717) is 26.7 Å². The number of aromatic amines is 1. The monoisotopic (exact) mass is 349 g/mol. The second kappa shape index (κ2) is 4.80. The van der Waals surface area contributed by atoms with Gasteiger partial charge in [0.05, 0.1) is 17.1 Å². The molecule has 1 N–H and O–H groups in total. The Morgan fingerprint density at radius 1 is 1.30 bits per heavy atom. The Morgan fingerprint density at radius 2 is 1.90 bits per heavy atom. The first-order chi connectivity index (χ1) is 9.18. The predicted octanol–water partition coefficient (Wildman–Crippen LogP) is 3.93. The lowest BCUT2D eigenvalue weighted by Gasteiger charge is -2.15.